The highest BCUT2D eigenvalue weighted by atomic mass is 19.1. The van der Waals surface area contributed by atoms with Crippen LogP contribution in [0.25, 0.3) is 0 Å². The smallest absolute Gasteiger partial charge is 0.358 e. The molecule has 17 heavy (non-hydrogen) atoms. The Morgan fingerprint density at radius 1 is 1.29 bits per heavy atom. The predicted molar refractivity (Wildman–Crippen MR) is 55.5 cm³/mol. The minimum atomic E-state index is -1.21. The number of rotatable bonds is 3. The zero-order chi connectivity index (χ0) is 12.3. The van der Waals surface area contributed by atoms with Gasteiger partial charge in [0.15, 0.2) is 11.4 Å². The van der Waals surface area contributed by atoms with E-state index in [4.69, 9.17) is 9.84 Å². The SMILES string of the molecule is O=C(O)c1ncccc1Oc1ccc(F)cn1. The molecule has 2 heterocycles. The first-order valence-electron chi connectivity index (χ1n) is 4.64. The number of carboxylic acid groups (broad SMARTS) is 1. The minimum absolute atomic E-state index is 0.0547. The lowest BCUT2D eigenvalue weighted by molar-refractivity contribution is 0.0687. The Kier molecular flexibility index (Phi) is 2.95. The molecule has 0 aliphatic rings. The molecule has 0 bridgehead atoms. The highest BCUT2D eigenvalue weighted by Crippen LogP contribution is 2.21. The second kappa shape index (κ2) is 4.56. The lowest BCUT2D eigenvalue weighted by atomic mass is 10.3. The molecule has 2 rings (SSSR count). The minimum Gasteiger partial charge on any atom is -0.476 e. The van der Waals surface area contributed by atoms with Gasteiger partial charge in [-0.15, -0.1) is 0 Å². The van der Waals surface area contributed by atoms with Crippen LogP contribution >= 0.6 is 0 Å². The summed E-state index contributed by atoms with van der Waals surface area (Å²) in [6.45, 7) is 0. The van der Waals surface area contributed by atoms with Crippen molar-refractivity contribution in [2.75, 3.05) is 0 Å². The Morgan fingerprint density at radius 2 is 2.12 bits per heavy atom. The zero-order valence-electron chi connectivity index (χ0n) is 8.50. The number of hydrogen-bond donors (Lipinski definition) is 1. The molecule has 0 unspecified atom stereocenters. The third-order valence-corrected chi connectivity index (χ3v) is 1.89. The Labute approximate surface area is 95.5 Å². The summed E-state index contributed by atoms with van der Waals surface area (Å²) in [6, 6.07) is 5.44. The monoisotopic (exact) mass is 234 g/mol. The summed E-state index contributed by atoms with van der Waals surface area (Å²) in [4.78, 5) is 18.2. The standard InChI is InChI=1S/C11H7FN2O3/c12-7-3-4-9(14-6-7)17-8-2-1-5-13-10(8)11(15)16/h1-6H,(H,15,16). The number of carboxylic acids is 1. The third kappa shape index (κ3) is 2.54. The van der Waals surface area contributed by atoms with Gasteiger partial charge in [-0.05, 0) is 18.2 Å². The van der Waals surface area contributed by atoms with E-state index in [1.807, 2.05) is 0 Å². The Hall–Kier alpha value is -2.50. The van der Waals surface area contributed by atoms with E-state index >= 15 is 0 Å². The Morgan fingerprint density at radius 3 is 2.76 bits per heavy atom. The molecule has 2 aromatic rings. The van der Waals surface area contributed by atoms with Crippen LogP contribution in [0.2, 0.25) is 0 Å². The van der Waals surface area contributed by atoms with Gasteiger partial charge in [0.1, 0.15) is 5.82 Å². The number of pyridine rings is 2. The van der Waals surface area contributed by atoms with Gasteiger partial charge in [-0.25, -0.2) is 19.2 Å². The highest BCUT2D eigenvalue weighted by molar-refractivity contribution is 5.88. The fourth-order valence-electron chi connectivity index (χ4n) is 1.17. The fourth-order valence-corrected chi connectivity index (χ4v) is 1.17. The number of halogens is 1. The van der Waals surface area contributed by atoms with E-state index in [2.05, 4.69) is 9.97 Å². The number of nitrogens with zero attached hydrogens (tertiary/aromatic N) is 2. The summed E-state index contributed by atoms with van der Waals surface area (Å²) in [5.74, 6) is -1.55. The van der Waals surface area contributed by atoms with Crippen LogP contribution in [0.15, 0.2) is 36.7 Å². The maximum atomic E-state index is 12.6. The first kappa shape index (κ1) is 11.0. The lowest BCUT2D eigenvalue weighted by Gasteiger charge is -2.06. The summed E-state index contributed by atoms with van der Waals surface area (Å²) in [5, 5.41) is 8.86. The van der Waals surface area contributed by atoms with E-state index in [1.165, 1.54) is 30.5 Å². The van der Waals surface area contributed by atoms with Crippen LogP contribution in [0.5, 0.6) is 11.6 Å². The molecule has 0 saturated carbocycles. The van der Waals surface area contributed by atoms with E-state index in [0.717, 1.165) is 6.20 Å². The number of carbonyl (C=O) groups is 1. The van der Waals surface area contributed by atoms with E-state index in [0.29, 0.717) is 0 Å². The Balaban J connectivity index is 2.30. The first-order chi connectivity index (χ1) is 8.16. The molecule has 0 aliphatic heterocycles. The molecule has 6 heteroatoms. The molecular weight excluding hydrogens is 227 g/mol. The van der Waals surface area contributed by atoms with Gasteiger partial charge < -0.3 is 9.84 Å². The zero-order valence-corrected chi connectivity index (χ0v) is 8.50. The molecule has 0 aliphatic carbocycles. The number of aromatic nitrogens is 2. The second-order valence-electron chi connectivity index (χ2n) is 3.07. The van der Waals surface area contributed by atoms with Gasteiger partial charge in [0.2, 0.25) is 5.88 Å². The van der Waals surface area contributed by atoms with Gasteiger partial charge in [0.25, 0.3) is 0 Å². The summed E-state index contributed by atoms with van der Waals surface area (Å²) in [5.41, 5.74) is -0.223. The molecule has 0 saturated heterocycles. The molecule has 0 aromatic carbocycles. The van der Waals surface area contributed by atoms with Crippen molar-refractivity contribution < 1.29 is 19.0 Å². The van der Waals surface area contributed by atoms with Crippen LogP contribution in [0.3, 0.4) is 0 Å². The van der Waals surface area contributed by atoms with Crippen molar-refractivity contribution in [2.45, 2.75) is 0 Å². The van der Waals surface area contributed by atoms with Crippen molar-refractivity contribution in [3.63, 3.8) is 0 Å². The molecule has 0 spiro atoms. The van der Waals surface area contributed by atoms with Gasteiger partial charge in [0.05, 0.1) is 6.20 Å². The average molecular weight is 234 g/mol. The molecule has 5 nitrogen and oxygen atoms in total. The summed E-state index contributed by atoms with van der Waals surface area (Å²) in [6.07, 6.45) is 2.32. The van der Waals surface area contributed by atoms with E-state index in [1.54, 1.807) is 0 Å². The largest absolute Gasteiger partial charge is 0.476 e. The molecule has 2 aromatic heterocycles. The lowest BCUT2D eigenvalue weighted by Crippen LogP contribution is -2.03. The molecule has 1 N–H and O–H groups in total. The van der Waals surface area contributed by atoms with Gasteiger partial charge >= 0.3 is 5.97 Å². The second-order valence-corrected chi connectivity index (χ2v) is 3.07. The summed E-state index contributed by atoms with van der Waals surface area (Å²) >= 11 is 0. The fraction of sp³-hybridized carbons (Fsp3) is 0. The third-order valence-electron chi connectivity index (χ3n) is 1.89. The van der Waals surface area contributed by atoms with Gasteiger partial charge in [-0.3, -0.25) is 0 Å². The predicted octanol–water partition coefficient (Wildman–Crippen LogP) is 2.11. The molecular formula is C11H7FN2O3. The molecule has 0 amide bonds. The van der Waals surface area contributed by atoms with Crippen molar-refractivity contribution in [1.29, 1.82) is 0 Å². The normalized spacial score (nSPS) is 9.94. The highest BCUT2D eigenvalue weighted by Gasteiger charge is 2.13. The van der Waals surface area contributed by atoms with Crippen molar-refractivity contribution >= 4 is 5.97 Å². The van der Waals surface area contributed by atoms with Crippen LogP contribution in [0.4, 0.5) is 4.39 Å². The van der Waals surface area contributed by atoms with Crippen LogP contribution < -0.4 is 4.74 Å². The van der Waals surface area contributed by atoms with Crippen molar-refractivity contribution in [3.05, 3.63) is 48.2 Å². The first-order valence-corrected chi connectivity index (χ1v) is 4.64. The molecule has 86 valence electrons. The maximum absolute atomic E-state index is 12.6. The molecule has 0 radical (unpaired) electrons. The van der Waals surface area contributed by atoms with Crippen molar-refractivity contribution in [2.24, 2.45) is 0 Å². The molecule has 0 atom stereocenters. The summed E-state index contributed by atoms with van der Waals surface area (Å²) in [7, 11) is 0. The maximum Gasteiger partial charge on any atom is 0.358 e. The topological polar surface area (TPSA) is 72.3 Å². The van der Waals surface area contributed by atoms with Crippen LogP contribution in [-0.4, -0.2) is 21.0 Å². The van der Waals surface area contributed by atoms with Crippen LogP contribution in [-0.2, 0) is 0 Å². The summed E-state index contributed by atoms with van der Waals surface area (Å²) < 4.78 is 17.8. The van der Waals surface area contributed by atoms with Gasteiger partial charge in [0, 0.05) is 12.3 Å². The average Bonchev–Trinajstić information content (AvgIpc) is 2.32. The van der Waals surface area contributed by atoms with E-state index in [-0.39, 0.29) is 17.3 Å². The number of ether oxygens (including phenoxy) is 1. The van der Waals surface area contributed by atoms with Crippen molar-refractivity contribution in [3.8, 4) is 11.6 Å². The van der Waals surface area contributed by atoms with Crippen molar-refractivity contribution in [1.82, 2.24) is 9.97 Å². The van der Waals surface area contributed by atoms with Gasteiger partial charge in [-0.2, -0.15) is 0 Å². The van der Waals surface area contributed by atoms with E-state index < -0.39 is 11.8 Å². The molecule has 0 fully saturated rings. The van der Waals surface area contributed by atoms with Crippen LogP contribution in [0, 0.1) is 5.82 Å². The van der Waals surface area contributed by atoms with E-state index in [9.17, 15) is 9.18 Å². The number of hydrogen-bond acceptors (Lipinski definition) is 4. The quantitative estimate of drug-likeness (QED) is 0.880. The van der Waals surface area contributed by atoms with Crippen LogP contribution in [0.1, 0.15) is 10.5 Å². The Bertz CT molecular complexity index is 543. The van der Waals surface area contributed by atoms with Gasteiger partial charge in [-0.1, -0.05) is 0 Å². The number of aromatic carboxylic acids is 1.